The normalized spacial score (nSPS) is 10.9. The zero-order chi connectivity index (χ0) is 18.7. The molecule has 0 saturated carbocycles. The summed E-state index contributed by atoms with van der Waals surface area (Å²) in [5.41, 5.74) is 2.63. The topological polar surface area (TPSA) is 65.7 Å². The Kier molecular flexibility index (Phi) is 5.40. The Balaban J connectivity index is 1.81. The van der Waals surface area contributed by atoms with Gasteiger partial charge in [-0.05, 0) is 42.3 Å². The number of benzene rings is 2. The van der Waals surface area contributed by atoms with E-state index in [1.54, 1.807) is 43.5 Å². The van der Waals surface area contributed by atoms with Crippen LogP contribution in [0.1, 0.15) is 27.0 Å². The second-order valence-corrected chi connectivity index (χ2v) is 6.30. The molecule has 1 aromatic heterocycles. The van der Waals surface area contributed by atoms with Crippen LogP contribution in [0.25, 0.3) is 11.0 Å². The fraction of sp³-hybridized carbons (Fsp3) is 0.200. The zero-order valence-corrected chi connectivity index (χ0v) is 15.1. The van der Waals surface area contributed by atoms with Gasteiger partial charge in [0.05, 0.1) is 12.2 Å². The van der Waals surface area contributed by atoms with Crippen LogP contribution < -0.4 is 5.63 Å². The minimum absolute atomic E-state index is 0.0554. The maximum absolute atomic E-state index is 12.2. The first-order valence-electron chi connectivity index (χ1n) is 7.96. The van der Waals surface area contributed by atoms with Crippen molar-refractivity contribution in [3.63, 3.8) is 0 Å². The summed E-state index contributed by atoms with van der Waals surface area (Å²) in [4.78, 5) is 24.0. The van der Waals surface area contributed by atoms with E-state index >= 15 is 0 Å². The summed E-state index contributed by atoms with van der Waals surface area (Å²) in [5.74, 6) is -0.478. The number of hydrogen-bond acceptors (Lipinski definition) is 5. The summed E-state index contributed by atoms with van der Waals surface area (Å²) >= 11 is 6.16. The van der Waals surface area contributed by atoms with Crippen LogP contribution >= 0.6 is 11.6 Å². The predicted molar refractivity (Wildman–Crippen MR) is 98.5 cm³/mol. The van der Waals surface area contributed by atoms with E-state index in [9.17, 15) is 9.59 Å². The summed E-state index contributed by atoms with van der Waals surface area (Å²) in [6, 6.07) is 11.7. The lowest BCUT2D eigenvalue weighted by molar-refractivity contribution is 0.0473. The molecule has 1 heterocycles. The molecule has 0 spiro atoms. The van der Waals surface area contributed by atoms with Gasteiger partial charge in [0, 0.05) is 29.1 Å². The molecule has 3 aromatic rings. The van der Waals surface area contributed by atoms with Gasteiger partial charge in [-0.2, -0.15) is 0 Å². The molecule has 0 aliphatic carbocycles. The molecule has 26 heavy (non-hydrogen) atoms. The Morgan fingerprint density at radius 3 is 2.54 bits per heavy atom. The highest BCUT2D eigenvalue weighted by molar-refractivity contribution is 6.32. The SMILES string of the molecule is COCc1ccc(C(=O)OCc2cc(=O)oc3cc(C)c(Cl)cc23)cc1. The van der Waals surface area contributed by atoms with E-state index in [0.29, 0.717) is 33.7 Å². The van der Waals surface area contributed by atoms with E-state index in [4.69, 9.17) is 25.5 Å². The average Bonchev–Trinajstić information content (AvgIpc) is 2.62. The van der Waals surface area contributed by atoms with Crippen LogP contribution in [-0.4, -0.2) is 13.1 Å². The molecule has 2 aromatic carbocycles. The minimum atomic E-state index is -0.505. The molecular weight excluding hydrogens is 356 g/mol. The van der Waals surface area contributed by atoms with Crippen molar-refractivity contribution >= 4 is 28.5 Å². The second kappa shape index (κ2) is 7.72. The van der Waals surface area contributed by atoms with Gasteiger partial charge in [-0.1, -0.05) is 23.7 Å². The Bertz CT molecular complexity index is 1010. The fourth-order valence-corrected chi connectivity index (χ4v) is 2.76. The summed E-state index contributed by atoms with van der Waals surface area (Å²) in [6.07, 6.45) is 0. The molecule has 0 radical (unpaired) electrons. The molecule has 6 heteroatoms. The lowest BCUT2D eigenvalue weighted by Crippen LogP contribution is -2.08. The summed E-state index contributed by atoms with van der Waals surface area (Å²) in [5, 5.41) is 1.19. The van der Waals surface area contributed by atoms with Crippen molar-refractivity contribution in [3.8, 4) is 0 Å². The lowest BCUT2D eigenvalue weighted by atomic mass is 10.1. The van der Waals surface area contributed by atoms with Gasteiger partial charge >= 0.3 is 11.6 Å². The Labute approximate surface area is 155 Å². The van der Waals surface area contributed by atoms with Crippen LogP contribution in [0.4, 0.5) is 0 Å². The van der Waals surface area contributed by atoms with Crippen molar-refractivity contribution in [3.05, 3.63) is 80.2 Å². The molecule has 3 rings (SSSR count). The third-order valence-corrected chi connectivity index (χ3v) is 4.38. The maximum Gasteiger partial charge on any atom is 0.338 e. The first-order chi connectivity index (χ1) is 12.5. The van der Waals surface area contributed by atoms with Crippen molar-refractivity contribution < 1.29 is 18.7 Å². The number of fused-ring (bicyclic) bond motifs is 1. The molecule has 0 aliphatic heterocycles. The predicted octanol–water partition coefficient (Wildman–Crippen LogP) is 4.26. The van der Waals surface area contributed by atoms with Crippen LogP contribution in [0.5, 0.6) is 0 Å². The van der Waals surface area contributed by atoms with Crippen LogP contribution in [0, 0.1) is 6.92 Å². The molecule has 0 bridgehead atoms. The summed E-state index contributed by atoms with van der Waals surface area (Å²) in [6.45, 7) is 2.24. The van der Waals surface area contributed by atoms with Crippen molar-refractivity contribution in [1.82, 2.24) is 0 Å². The number of esters is 1. The number of aryl methyl sites for hydroxylation is 1. The summed E-state index contributed by atoms with van der Waals surface area (Å²) in [7, 11) is 1.61. The largest absolute Gasteiger partial charge is 0.457 e. The molecule has 0 unspecified atom stereocenters. The van der Waals surface area contributed by atoms with Crippen LogP contribution in [0.3, 0.4) is 0 Å². The lowest BCUT2D eigenvalue weighted by Gasteiger charge is -2.09. The number of hydrogen-bond donors (Lipinski definition) is 0. The zero-order valence-electron chi connectivity index (χ0n) is 14.4. The monoisotopic (exact) mass is 372 g/mol. The number of halogens is 1. The van der Waals surface area contributed by atoms with Crippen molar-refractivity contribution in [2.75, 3.05) is 7.11 Å². The minimum Gasteiger partial charge on any atom is -0.457 e. The highest BCUT2D eigenvalue weighted by Crippen LogP contribution is 2.25. The summed E-state index contributed by atoms with van der Waals surface area (Å²) < 4.78 is 15.6. The standard InChI is InChI=1S/C20H17ClO5/c1-12-7-18-16(9-17(12)21)15(8-19(22)26-18)11-25-20(23)14-5-3-13(4-6-14)10-24-2/h3-9H,10-11H2,1-2H3. The highest BCUT2D eigenvalue weighted by atomic mass is 35.5. The smallest absolute Gasteiger partial charge is 0.338 e. The first kappa shape index (κ1) is 18.2. The molecule has 5 nitrogen and oxygen atoms in total. The van der Waals surface area contributed by atoms with Gasteiger partial charge in [0.15, 0.2) is 0 Å². The van der Waals surface area contributed by atoms with E-state index in [1.165, 1.54) is 6.07 Å². The number of rotatable bonds is 5. The number of ether oxygens (including phenoxy) is 2. The maximum atomic E-state index is 12.2. The van der Waals surface area contributed by atoms with Crippen LogP contribution in [-0.2, 0) is 22.7 Å². The average molecular weight is 373 g/mol. The van der Waals surface area contributed by atoms with Crippen molar-refractivity contribution in [1.29, 1.82) is 0 Å². The Morgan fingerprint density at radius 2 is 1.85 bits per heavy atom. The van der Waals surface area contributed by atoms with Crippen molar-refractivity contribution in [2.24, 2.45) is 0 Å². The number of carbonyl (C=O) groups is 1. The van der Waals surface area contributed by atoms with Gasteiger partial charge < -0.3 is 13.9 Å². The van der Waals surface area contributed by atoms with E-state index in [0.717, 1.165) is 11.1 Å². The van der Waals surface area contributed by atoms with Gasteiger partial charge in [0.25, 0.3) is 0 Å². The van der Waals surface area contributed by atoms with Gasteiger partial charge in [-0.3, -0.25) is 0 Å². The quantitative estimate of drug-likeness (QED) is 0.494. The highest BCUT2D eigenvalue weighted by Gasteiger charge is 2.12. The van der Waals surface area contributed by atoms with Gasteiger partial charge in [0.1, 0.15) is 12.2 Å². The van der Waals surface area contributed by atoms with Crippen molar-refractivity contribution in [2.45, 2.75) is 20.1 Å². The van der Waals surface area contributed by atoms with Gasteiger partial charge in [-0.25, -0.2) is 9.59 Å². The molecule has 0 saturated heterocycles. The number of methoxy groups -OCH3 is 1. The Hall–Kier alpha value is -2.63. The Morgan fingerprint density at radius 1 is 1.12 bits per heavy atom. The molecule has 0 fully saturated rings. The van der Waals surface area contributed by atoms with Gasteiger partial charge in [0.2, 0.25) is 0 Å². The molecule has 0 amide bonds. The molecule has 0 N–H and O–H groups in total. The van der Waals surface area contributed by atoms with E-state index in [-0.39, 0.29) is 6.61 Å². The molecule has 0 aliphatic rings. The van der Waals surface area contributed by atoms with E-state index in [2.05, 4.69) is 0 Å². The van der Waals surface area contributed by atoms with E-state index in [1.807, 2.05) is 6.92 Å². The molecule has 0 atom stereocenters. The third kappa shape index (κ3) is 3.95. The van der Waals surface area contributed by atoms with E-state index < -0.39 is 11.6 Å². The molecule has 134 valence electrons. The first-order valence-corrected chi connectivity index (χ1v) is 8.33. The van der Waals surface area contributed by atoms with Gasteiger partial charge in [-0.15, -0.1) is 0 Å². The third-order valence-electron chi connectivity index (χ3n) is 3.97. The molecular formula is C20H17ClO5. The van der Waals surface area contributed by atoms with Crippen LogP contribution in [0.2, 0.25) is 5.02 Å². The fourth-order valence-electron chi connectivity index (χ4n) is 2.60. The van der Waals surface area contributed by atoms with Crippen LogP contribution in [0.15, 0.2) is 51.7 Å². The number of carbonyl (C=O) groups excluding carboxylic acids is 1. The second-order valence-electron chi connectivity index (χ2n) is 5.89.